The third kappa shape index (κ3) is 4.67. The molecule has 0 aromatic rings. The minimum atomic E-state index is 0.529. The first kappa shape index (κ1) is 21.8. The van der Waals surface area contributed by atoms with Crippen LogP contribution in [0.1, 0.15) is 88.0 Å². The molecule has 24 heavy (non-hydrogen) atoms. The fourth-order valence-electron chi connectivity index (χ4n) is 5.75. The molecule has 0 N–H and O–H groups in total. The summed E-state index contributed by atoms with van der Waals surface area (Å²) in [7, 11) is 0. The van der Waals surface area contributed by atoms with E-state index in [1.807, 2.05) is 0 Å². The lowest BCUT2D eigenvalue weighted by Crippen LogP contribution is -2.33. The van der Waals surface area contributed by atoms with Gasteiger partial charge in [0.2, 0.25) is 0 Å². The van der Waals surface area contributed by atoms with Crippen molar-refractivity contribution in [1.29, 1.82) is 0 Å². The summed E-state index contributed by atoms with van der Waals surface area (Å²) >= 11 is 0. The van der Waals surface area contributed by atoms with E-state index in [-0.39, 0.29) is 0 Å². The molecule has 0 amide bonds. The molecule has 0 aromatic carbocycles. The molecule has 0 aliphatic heterocycles. The Bertz CT molecular complexity index is 379. The molecule has 1 aliphatic rings. The summed E-state index contributed by atoms with van der Waals surface area (Å²) in [6.45, 7) is 26.2. The third-order valence-electron chi connectivity index (χ3n) is 7.61. The first-order valence-corrected chi connectivity index (χ1v) is 10.8. The Morgan fingerprint density at radius 2 is 1.62 bits per heavy atom. The number of rotatable bonds is 11. The van der Waals surface area contributed by atoms with Crippen molar-refractivity contribution in [1.82, 2.24) is 0 Å². The summed E-state index contributed by atoms with van der Waals surface area (Å²) in [6.07, 6.45) is 7.68. The van der Waals surface area contributed by atoms with Gasteiger partial charge in [0, 0.05) is 0 Å². The molecule has 7 atom stereocenters. The van der Waals surface area contributed by atoms with Crippen LogP contribution < -0.4 is 0 Å². The number of allylic oxidation sites excluding steroid dienone is 1. The highest BCUT2D eigenvalue weighted by molar-refractivity contribution is 5.10. The van der Waals surface area contributed by atoms with Crippen LogP contribution in [0.3, 0.4) is 0 Å². The lowest BCUT2D eigenvalue weighted by molar-refractivity contribution is 0.0907. The molecule has 0 aromatic heterocycles. The summed E-state index contributed by atoms with van der Waals surface area (Å²) in [6, 6.07) is 0. The van der Waals surface area contributed by atoms with Crippen LogP contribution in [0.2, 0.25) is 0 Å². The fraction of sp³-hybridized carbons (Fsp3) is 0.917. The predicted molar refractivity (Wildman–Crippen MR) is 110 cm³/mol. The maximum absolute atomic E-state index is 4.19. The molecule has 1 rings (SSSR count). The summed E-state index contributed by atoms with van der Waals surface area (Å²) in [5.41, 5.74) is 0.529. The Balaban J connectivity index is 2.95. The van der Waals surface area contributed by atoms with Gasteiger partial charge in [-0.15, -0.1) is 6.58 Å². The topological polar surface area (TPSA) is 0 Å². The van der Waals surface area contributed by atoms with Gasteiger partial charge in [-0.3, -0.25) is 0 Å². The van der Waals surface area contributed by atoms with Crippen molar-refractivity contribution < 1.29 is 0 Å². The number of hydrogen-bond acceptors (Lipinski definition) is 0. The van der Waals surface area contributed by atoms with Gasteiger partial charge in [-0.2, -0.15) is 0 Å². The molecule has 0 bridgehead atoms. The Morgan fingerprint density at radius 3 is 2.00 bits per heavy atom. The summed E-state index contributed by atoms with van der Waals surface area (Å²) in [5.74, 6) is 6.49. The van der Waals surface area contributed by atoms with Gasteiger partial charge in [-0.05, 0) is 65.6 Å². The second-order valence-electron chi connectivity index (χ2n) is 9.92. The van der Waals surface area contributed by atoms with E-state index in [4.69, 9.17) is 0 Å². The van der Waals surface area contributed by atoms with Crippen LogP contribution in [0.4, 0.5) is 0 Å². The van der Waals surface area contributed by atoms with E-state index >= 15 is 0 Å². The molecule has 0 saturated heterocycles. The van der Waals surface area contributed by atoms with Crippen LogP contribution in [0.15, 0.2) is 12.7 Å². The van der Waals surface area contributed by atoms with Crippen molar-refractivity contribution in [3.8, 4) is 0 Å². The smallest absolute Gasteiger partial charge is 0.0177 e. The monoisotopic (exact) mass is 334 g/mol. The van der Waals surface area contributed by atoms with Gasteiger partial charge < -0.3 is 0 Å². The molecule has 7 unspecified atom stereocenters. The summed E-state index contributed by atoms with van der Waals surface area (Å²) < 4.78 is 0. The minimum absolute atomic E-state index is 0.529. The standard InChI is InChI=1S/C24H46/c1-11-18(8)21(13-3)22-15-24(22,10)19(9)23(17(6)7)20(12-2)14-16(4)5/h13,16-23H,3,11-12,14-15H2,1-2,4-10H3. The molecule has 0 heterocycles. The normalized spacial score (nSPS) is 30.0. The highest BCUT2D eigenvalue weighted by Crippen LogP contribution is 2.65. The molecule has 1 fully saturated rings. The second kappa shape index (κ2) is 8.91. The van der Waals surface area contributed by atoms with Crippen LogP contribution in [0, 0.1) is 52.8 Å². The molecule has 142 valence electrons. The SMILES string of the molecule is C=CC(C(C)CC)C1CC1(C)C(C)C(C(C)C)C(CC)CC(C)C. The van der Waals surface area contributed by atoms with Crippen LogP contribution in [-0.2, 0) is 0 Å². The van der Waals surface area contributed by atoms with Crippen molar-refractivity contribution >= 4 is 0 Å². The van der Waals surface area contributed by atoms with Crippen LogP contribution in [-0.4, -0.2) is 0 Å². The van der Waals surface area contributed by atoms with E-state index in [9.17, 15) is 0 Å². The molecule has 0 nitrogen and oxygen atoms in total. The van der Waals surface area contributed by atoms with Crippen LogP contribution in [0.25, 0.3) is 0 Å². The highest BCUT2D eigenvalue weighted by atomic mass is 14.6. The van der Waals surface area contributed by atoms with Gasteiger partial charge in [0.15, 0.2) is 0 Å². The largest absolute Gasteiger partial charge is 0.103 e. The van der Waals surface area contributed by atoms with Gasteiger partial charge in [-0.1, -0.05) is 81.2 Å². The Labute approximate surface area is 153 Å². The van der Waals surface area contributed by atoms with E-state index in [2.05, 4.69) is 75.0 Å². The van der Waals surface area contributed by atoms with E-state index in [1.165, 1.54) is 25.7 Å². The van der Waals surface area contributed by atoms with E-state index in [1.54, 1.807) is 0 Å². The van der Waals surface area contributed by atoms with Crippen molar-refractivity contribution in [2.45, 2.75) is 88.0 Å². The van der Waals surface area contributed by atoms with Crippen LogP contribution in [0.5, 0.6) is 0 Å². The molecular weight excluding hydrogens is 288 g/mol. The molecule has 0 radical (unpaired) electrons. The third-order valence-corrected chi connectivity index (χ3v) is 7.61. The molecule has 1 saturated carbocycles. The maximum atomic E-state index is 4.19. The first-order valence-electron chi connectivity index (χ1n) is 10.8. The second-order valence-corrected chi connectivity index (χ2v) is 9.92. The minimum Gasteiger partial charge on any atom is -0.103 e. The lowest BCUT2D eigenvalue weighted by Gasteiger charge is -2.40. The van der Waals surface area contributed by atoms with Gasteiger partial charge >= 0.3 is 0 Å². The van der Waals surface area contributed by atoms with Crippen molar-refractivity contribution in [3.63, 3.8) is 0 Å². The zero-order valence-corrected chi connectivity index (χ0v) is 18.2. The predicted octanol–water partition coefficient (Wildman–Crippen LogP) is 7.84. The summed E-state index contributed by atoms with van der Waals surface area (Å²) in [4.78, 5) is 0. The van der Waals surface area contributed by atoms with E-state index in [0.717, 1.165) is 41.4 Å². The average molecular weight is 335 g/mol. The highest BCUT2D eigenvalue weighted by Gasteiger charge is 2.58. The van der Waals surface area contributed by atoms with Crippen LogP contribution >= 0.6 is 0 Å². The Hall–Kier alpha value is -0.260. The maximum Gasteiger partial charge on any atom is -0.0177 e. The zero-order valence-electron chi connectivity index (χ0n) is 18.2. The lowest BCUT2D eigenvalue weighted by atomic mass is 9.65. The zero-order chi connectivity index (χ0) is 18.7. The Kier molecular flexibility index (Phi) is 8.08. The van der Waals surface area contributed by atoms with Crippen molar-refractivity contribution in [2.75, 3.05) is 0 Å². The molecule has 0 heteroatoms. The molecular formula is C24H46. The van der Waals surface area contributed by atoms with Gasteiger partial charge in [-0.25, -0.2) is 0 Å². The Morgan fingerprint density at radius 1 is 1.04 bits per heavy atom. The average Bonchev–Trinajstić information content (AvgIpc) is 3.19. The van der Waals surface area contributed by atoms with Gasteiger partial charge in [0.1, 0.15) is 0 Å². The summed E-state index contributed by atoms with van der Waals surface area (Å²) in [5, 5.41) is 0. The quantitative estimate of drug-likeness (QED) is 0.337. The number of hydrogen-bond donors (Lipinski definition) is 0. The van der Waals surface area contributed by atoms with Crippen molar-refractivity contribution in [2.24, 2.45) is 52.8 Å². The fourth-order valence-corrected chi connectivity index (χ4v) is 5.75. The van der Waals surface area contributed by atoms with E-state index < -0.39 is 0 Å². The molecule has 0 spiro atoms. The first-order chi connectivity index (χ1) is 11.1. The van der Waals surface area contributed by atoms with Crippen molar-refractivity contribution in [3.05, 3.63) is 12.7 Å². The van der Waals surface area contributed by atoms with Gasteiger partial charge in [0.25, 0.3) is 0 Å². The van der Waals surface area contributed by atoms with E-state index in [0.29, 0.717) is 11.3 Å². The van der Waals surface area contributed by atoms with Gasteiger partial charge in [0.05, 0.1) is 0 Å². The molecule has 1 aliphatic carbocycles.